The monoisotopic (exact) mass is 421 g/mol. The third-order valence-electron chi connectivity index (χ3n) is 6.02. The molecule has 4 amide bonds. The van der Waals surface area contributed by atoms with Gasteiger partial charge in [-0.15, -0.1) is 0 Å². The van der Waals surface area contributed by atoms with Gasteiger partial charge in [-0.3, -0.25) is 9.59 Å². The molecule has 2 fully saturated rings. The first kappa shape index (κ1) is 20.9. The molecule has 1 saturated carbocycles. The van der Waals surface area contributed by atoms with Crippen LogP contribution >= 0.6 is 0 Å². The smallest absolute Gasteiger partial charge is 0.325 e. The van der Waals surface area contributed by atoms with Gasteiger partial charge in [-0.05, 0) is 56.2 Å². The molecule has 1 saturated heterocycles. The van der Waals surface area contributed by atoms with Gasteiger partial charge in [-0.1, -0.05) is 43.9 Å². The third kappa shape index (κ3) is 4.40. The molecule has 4 rings (SSSR count). The minimum atomic E-state index is -0.907. The van der Waals surface area contributed by atoms with Gasteiger partial charge in [0.1, 0.15) is 23.1 Å². The molecule has 1 unspecified atom stereocenters. The van der Waals surface area contributed by atoms with Crippen LogP contribution in [0.4, 0.5) is 10.5 Å². The van der Waals surface area contributed by atoms with Crippen molar-refractivity contribution in [1.29, 1.82) is 0 Å². The first-order valence-electron chi connectivity index (χ1n) is 10.8. The Morgan fingerprint density at radius 2 is 1.58 bits per heavy atom. The van der Waals surface area contributed by atoms with Crippen LogP contribution in [0.5, 0.6) is 11.5 Å². The zero-order valence-electron chi connectivity index (χ0n) is 17.6. The number of anilines is 1. The summed E-state index contributed by atoms with van der Waals surface area (Å²) in [6, 6.07) is 15.0. The summed E-state index contributed by atoms with van der Waals surface area (Å²) in [6.45, 7) is 1.58. The normalized spacial score (nSPS) is 18.9. The molecule has 7 heteroatoms. The van der Waals surface area contributed by atoms with E-state index in [9.17, 15) is 14.4 Å². The van der Waals surface area contributed by atoms with E-state index >= 15 is 0 Å². The largest absolute Gasteiger partial charge is 0.457 e. The van der Waals surface area contributed by atoms with Crippen LogP contribution in [0.2, 0.25) is 0 Å². The Morgan fingerprint density at radius 1 is 0.968 bits per heavy atom. The minimum Gasteiger partial charge on any atom is -0.457 e. The van der Waals surface area contributed by atoms with Crippen molar-refractivity contribution in [2.24, 2.45) is 0 Å². The molecule has 0 bridgehead atoms. The summed E-state index contributed by atoms with van der Waals surface area (Å²) in [5.41, 5.74) is -0.285. The van der Waals surface area contributed by atoms with Crippen LogP contribution in [0.25, 0.3) is 0 Å². The van der Waals surface area contributed by atoms with Gasteiger partial charge in [-0.2, -0.15) is 0 Å². The van der Waals surface area contributed by atoms with Crippen molar-refractivity contribution in [2.75, 3.05) is 5.32 Å². The van der Waals surface area contributed by atoms with Crippen LogP contribution < -0.4 is 15.4 Å². The second-order valence-corrected chi connectivity index (χ2v) is 8.21. The molecule has 2 aliphatic rings. The summed E-state index contributed by atoms with van der Waals surface area (Å²) >= 11 is 0. The number of nitrogens with zero attached hydrogens (tertiary/aromatic N) is 1. The van der Waals surface area contributed by atoms with E-state index in [1.807, 2.05) is 30.3 Å². The van der Waals surface area contributed by atoms with Gasteiger partial charge in [0.05, 0.1) is 0 Å². The number of hydrogen-bond acceptors (Lipinski definition) is 4. The molecule has 0 radical (unpaired) electrons. The third-order valence-corrected chi connectivity index (χ3v) is 6.02. The number of carbonyl (C=O) groups is 3. The summed E-state index contributed by atoms with van der Waals surface area (Å²) in [7, 11) is 0. The molecule has 1 heterocycles. The molecular weight excluding hydrogens is 394 g/mol. The lowest BCUT2D eigenvalue weighted by Crippen LogP contribution is -2.49. The molecule has 0 aromatic heterocycles. The fourth-order valence-electron chi connectivity index (χ4n) is 4.26. The molecular formula is C24H27N3O4. The van der Waals surface area contributed by atoms with Crippen molar-refractivity contribution in [3.8, 4) is 11.5 Å². The Kier molecular flexibility index (Phi) is 5.93. The Balaban J connectivity index is 1.40. The summed E-state index contributed by atoms with van der Waals surface area (Å²) in [5.74, 6) is 0.667. The number of rotatable bonds is 5. The van der Waals surface area contributed by atoms with E-state index in [-0.39, 0.29) is 5.91 Å². The molecule has 1 aliphatic heterocycles. The second kappa shape index (κ2) is 8.79. The maximum atomic E-state index is 13.1. The molecule has 2 N–H and O–H groups in total. The summed E-state index contributed by atoms with van der Waals surface area (Å²) < 4.78 is 5.75. The fourth-order valence-corrected chi connectivity index (χ4v) is 4.26. The number of benzene rings is 2. The van der Waals surface area contributed by atoms with Gasteiger partial charge in [-0.25, -0.2) is 9.69 Å². The minimum absolute atomic E-state index is 0.284. The summed E-state index contributed by atoms with van der Waals surface area (Å²) in [4.78, 5) is 39.6. The lowest BCUT2D eigenvalue weighted by Gasteiger charge is -2.26. The highest BCUT2D eigenvalue weighted by molar-refractivity contribution is 6.11. The average Bonchev–Trinajstić information content (AvgIpc) is 2.91. The Bertz CT molecular complexity index is 951. The van der Waals surface area contributed by atoms with E-state index in [0.717, 1.165) is 36.3 Å². The van der Waals surface area contributed by atoms with Gasteiger partial charge < -0.3 is 15.4 Å². The van der Waals surface area contributed by atoms with Crippen molar-refractivity contribution < 1.29 is 19.1 Å². The molecule has 1 atom stereocenters. The highest BCUT2D eigenvalue weighted by atomic mass is 16.5. The number of amides is 4. The van der Waals surface area contributed by atoms with Gasteiger partial charge in [0.2, 0.25) is 5.91 Å². The first-order valence-corrected chi connectivity index (χ1v) is 10.8. The van der Waals surface area contributed by atoms with Crippen molar-refractivity contribution in [1.82, 2.24) is 10.2 Å². The molecule has 2 aromatic rings. The van der Waals surface area contributed by atoms with Gasteiger partial charge in [0, 0.05) is 5.69 Å². The van der Waals surface area contributed by atoms with Gasteiger partial charge in [0.15, 0.2) is 0 Å². The van der Waals surface area contributed by atoms with E-state index in [0.29, 0.717) is 24.3 Å². The molecule has 7 nitrogen and oxygen atoms in total. The number of nitrogens with one attached hydrogen (secondary N) is 2. The number of carbonyl (C=O) groups excluding carboxylic acids is 3. The van der Waals surface area contributed by atoms with E-state index < -0.39 is 23.5 Å². The summed E-state index contributed by atoms with van der Waals surface area (Å²) in [5, 5.41) is 5.67. The van der Waals surface area contributed by atoms with Crippen LogP contribution in [0, 0.1) is 0 Å². The van der Waals surface area contributed by atoms with Crippen LogP contribution in [-0.2, 0) is 9.59 Å². The van der Waals surface area contributed by atoms with Crippen molar-refractivity contribution >= 4 is 23.5 Å². The van der Waals surface area contributed by atoms with E-state index in [2.05, 4.69) is 10.6 Å². The zero-order valence-corrected chi connectivity index (χ0v) is 17.6. The molecule has 2 aromatic carbocycles. The summed E-state index contributed by atoms with van der Waals surface area (Å²) in [6.07, 6.45) is 5.18. The maximum absolute atomic E-state index is 13.1. The Hall–Kier alpha value is -3.35. The number of ether oxygens (including phenoxy) is 1. The molecule has 162 valence electrons. The first-order chi connectivity index (χ1) is 15.0. The standard InChI is InChI=1S/C24H27N3O4/c1-17(27-22(29)24(26-23(27)30)15-7-2-3-8-16-24)21(28)25-18-11-13-20(14-12-18)31-19-9-5-4-6-10-19/h4-6,9-14,17H,2-3,7-8,15-16H2,1H3,(H,25,28)(H,26,30). The molecule has 1 aliphatic carbocycles. The van der Waals surface area contributed by atoms with Crippen LogP contribution in [0.15, 0.2) is 54.6 Å². The molecule has 1 spiro atoms. The highest BCUT2D eigenvalue weighted by Gasteiger charge is 2.53. The Labute approximate surface area is 181 Å². The van der Waals surface area contributed by atoms with Gasteiger partial charge >= 0.3 is 6.03 Å². The lowest BCUT2D eigenvalue weighted by molar-refractivity contribution is -0.136. The predicted octanol–water partition coefficient (Wildman–Crippen LogP) is 4.45. The number of imide groups is 1. The van der Waals surface area contributed by atoms with E-state index in [1.54, 1.807) is 31.2 Å². The lowest BCUT2D eigenvalue weighted by atomic mass is 9.90. The topological polar surface area (TPSA) is 87.7 Å². The van der Waals surface area contributed by atoms with Crippen LogP contribution in [0.3, 0.4) is 0 Å². The highest BCUT2D eigenvalue weighted by Crippen LogP contribution is 2.33. The number of para-hydroxylation sites is 1. The maximum Gasteiger partial charge on any atom is 0.325 e. The predicted molar refractivity (Wildman–Crippen MR) is 117 cm³/mol. The van der Waals surface area contributed by atoms with E-state index in [1.165, 1.54) is 0 Å². The fraction of sp³-hybridized carbons (Fsp3) is 0.375. The van der Waals surface area contributed by atoms with Crippen LogP contribution in [-0.4, -0.2) is 34.3 Å². The van der Waals surface area contributed by atoms with Crippen molar-refractivity contribution in [3.05, 3.63) is 54.6 Å². The Morgan fingerprint density at radius 3 is 2.23 bits per heavy atom. The van der Waals surface area contributed by atoms with Crippen molar-refractivity contribution in [3.63, 3.8) is 0 Å². The SMILES string of the molecule is CC(C(=O)Nc1ccc(Oc2ccccc2)cc1)N1C(=O)NC2(CCCCCC2)C1=O. The number of hydrogen-bond donors (Lipinski definition) is 2. The second-order valence-electron chi connectivity index (χ2n) is 8.21. The van der Waals surface area contributed by atoms with Gasteiger partial charge in [0.25, 0.3) is 5.91 Å². The zero-order chi connectivity index (χ0) is 21.8. The number of urea groups is 1. The van der Waals surface area contributed by atoms with E-state index in [4.69, 9.17) is 4.74 Å². The quantitative estimate of drug-likeness (QED) is 0.698. The van der Waals surface area contributed by atoms with Crippen LogP contribution in [0.1, 0.15) is 45.4 Å². The molecule has 31 heavy (non-hydrogen) atoms. The van der Waals surface area contributed by atoms with Crippen molar-refractivity contribution in [2.45, 2.75) is 57.0 Å². The average molecular weight is 421 g/mol.